The summed E-state index contributed by atoms with van der Waals surface area (Å²) in [6.45, 7) is 8.25. The number of hydrogen-bond acceptors (Lipinski definition) is 4. The van der Waals surface area contributed by atoms with E-state index < -0.39 is 0 Å². The normalized spacial score (nSPS) is 15.1. The summed E-state index contributed by atoms with van der Waals surface area (Å²) in [5.41, 5.74) is 3.64. The number of nitrogens with one attached hydrogen (secondary N) is 1. The SMILES string of the molecule is Cc1ccccc1CN1CCN(c2cn[nH]c(=O)c2C(C)C)CC1=O. The molecule has 2 aromatic rings. The Kier molecular flexibility index (Phi) is 4.88. The van der Waals surface area contributed by atoms with Gasteiger partial charge in [0, 0.05) is 25.2 Å². The molecule has 1 aromatic carbocycles. The number of benzene rings is 1. The van der Waals surface area contributed by atoms with Gasteiger partial charge in [-0.2, -0.15) is 5.10 Å². The van der Waals surface area contributed by atoms with Crippen LogP contribution in [-0.2, 0) is 11.3 Å². The minimum absolute atomic E-state index is 0.0712. The van der Waals surface area contributed by atoms with Gasteiger partial charge in [-0.05, 0) is 24.0 Å². The first-order valence-electron chi connectivity index (χ1n) is 8.62. The highest BCUT2D eigenvalue weighted by molar-refractivity contribution is 5.83. The second kappa shape index (κ2) is 7.09. The molecule has 1 aliphatic heterocycles. The molecule has 0 radical (unpaired) electrons. The summed E-state index contributed by atoms with van der Waals surface area (Å²) in [6, 6.07) is 8.13. The van der Waals surface area contributed by atoms with E-state index >= 15 is 0 Å². The third-order valence-electron chi connectivity index (χ3n) is 4.73. The van der Waals surface area contributed by atoms with Gasteiger partial charge in [-0.15, -0.1) is 0 Å². The van der Waals surface area contributed by atoms with Gasteiger partial charge in [0.1, 0.15) is 0 Å². The zero-order chi connectivity index (χ0) is 18.0. The molecule has 1 N–H and O–H groups in total. The quantitative estimate of drug-likeness (QED) is 0.925. The number of amides is 1. The number of aryl methyl sites for hydroxylation is 1. The first kappa shape index (κ1) is 17.2. The molecule has 1 fully saturated rings. The molecule has 3 rings (SSSR count). The van der Waals surface area contributed by atoms with Gasteiger partial charge in [-0.25, -0.2) is 5.10 Å². The number of aromatic nitrogens is 2. The van der Waals surface area contributed by atoms with E-state index in [4.69, 9.17) is 0 Å². The Balaban J connectivity index is 1.77. The Morgan fingerprint density at radius 2 is 1.96 bits per heavy atom. The predicted octanol–water partition coefficient (Wildman–Crippen LogP) is 2.05. The first-order valence-corrected chi connectivity index (χ1v) is 8.62. The van der Waals surface area contributed by atoms with Gasteiger partial charge in [-0.3, -0.25) is 9.59 Å². The van der Waals surface area contributed by atoms with E-state index in [9.17, 15) is 9.59 Å². The van der Waals surface area contributed by atoms with Gasteiger partial charge in [0.2, 0.25) is 5.91 Å². The average molecular weight is 340 g/mol. The summed E-state index contributed by atoms with van der Waals surface area (Å²) >= 11 is 0. The number of hydrogen-bond donors (Lipinski definition) is 1. The first-order chi connectivity index (χ1) is 12.0. The molecular formula is C19H24N4O2. The molecule has 1 aliphatic rings. The summed E-state index contributed by atoms with van der Waals surface area (Å²) in [7, 11) is 0. The topological polar surface area (TPSA) is 69.3 Å². The molecule has 0 bridgehead atoms. The molecule has 0 aliphatic carbocycles. The number of carbonyl (C=O) groups is 1. The van der Waals surface area contributed by atoms with Crippen LogP contribution < -0.4 is 10.5 Å². The molecule has 0 saturated carbocycles. The summed E-state index contributed by atoms with van der Waals surface area (Å²) in [5, 5.41) is 6.41. The van der Waals surface area contributed by atoms with E-state index in [1.165, 1.54) is 11.1 Å². The van der Waals surface area contributed by atoms with Crippen LogP contribution in [0.2, 0.25) is 0 Å². The molecule has 6 nitrogen and oxygen atoms in total. The van der Waals surface area contributed by atoms with Crippen LogP contribution >= 0.6 is 0 Å². The minimum atomic E-state index is -0.178. The van der Waals surface area contributed by atoms with Gasteiger partial charge in [-0.1, -0.05) is 38.1 Å². The lowest BCUT2D eigenvalue weighted by atomic mass is 10.0. The van der Waals surface area contributed by atoms with Crippen molar-refractivity contribution in [3.8, 4) is 0 Å². The Morgan fingerprint density at radius 1 is 1.20 bits per heavy atom. The summed E-state index contributed by atoms with van der Waals surface area (Å²) in [5.74, 6) is 0.145. The van der Waals surface area contributed by atoms with Gasteiger partial charge in [0.25, 0.3) is 5.56 Å². The van der Waals surface area contributed by atoms with Crippen LogP contribution in [0, 0.1) is 6.92 Å². The van der Waals surface area contributed by atoms with E-state index in [0.29, 0.717) is 25.2 Å². The van der Waals surface area contributed by atoms with Crippen molar-refractivity contribution in [1.29, 1.82) is 0 Å². The summed E-state index contributed by atoms with van der Waals surface area (Å²) in [4.78, 5) is 28.6. The van der Waals surface area contributed by atoms with Crippen LogP contribution in [0.3, 0.4) is 0 Å². The molecule has 0 unspecified atom stereocenters. The van der Waals surface area contributed by atoms with Crippen LogP contribution in [0.4, 0.5) is 5.69 Å². The maximum absolute atomic E-state index is 12.6. The second-order valence-corrected chi connectivity index (χ2v) is 6.82. The van der Waals surface area contributed by atoms with E-state index in [1.54, 1.807) is 6.20 Å². The monoisotopic (exact) mass is 340 g/mol. The molecule has 2 heterocycles. The lowest BCUT2D eigenvalue weighted by Crippen LogP contribution is -2.50. The fourth-order valence-corrected chi connectivity index (χ4v) is 3.28. The Hall–Kier alpha value is -2.63. The van der Waals surface area contributed by atoms with Crippen molar-refractivity contribution in [2.24, 2.45) is 0 Å². The maximum atomic E-state index is 12.6. The smallest absolute Gasteiger partial charge is 0.269 e. The van der Waals surface area contributed by atoms with Gasteiger partial charge >= 0.3 is 0 Å². The van der Waals surface area contributed by atoms with E-state index in [0.717, 1.165) is 5.69 Å². The van der Waals surface area contributed by atoms with Crippen LogP contribution in [0.1, 0.15) is 36.5 Å². The lowest BCUT2D eigenvalue weighted by Gasteiger charge is -2.36. The highest BCUT2D eigenvalue weighted by Crippen LogP contribution is 2.25. The second-order valence-electron chi connectivity index (χ2n) is 6.82. The standard InChI is InChI=1S/C19H24N4O2/c1-13(2)18-16(10-20-21-19(18)25)22-8-9-23(17(24)12-22)11-15-7-5-4-6-14(15)3/h4-7,10,13H,8-9,11-12H2,1-3H3,(H,21,25). The molecule has 1 aromatic heterocycles. The van der Waals surface area contributed by atoms with Crippen molar-refractivity contribution in [3.05, 3.63) is 57.5 Å². The number of H-pyrrole nitrogens is 1. The number of piperazine rings is 1. The largest absolute Gasteiger partial charge is 0.359 e. The van der Waals surface area contributed by atoms with Crippen LogP contribution in [-0.4, -0.2) is 40.6 Å². The Morgan fingerprint density at radius 3 is 2.64 bits per heavy atom. The minimum Gasteiger partial charge on any atom is -0.359 e. The molecular weight excluding hydrogens is 316 g/mol. The summed E-state index contributed by atoms with van der Waals surface area (Å²) < 4.78 is 0. The average Bonchev–Trinajstić information content (AvgIpc) is 2.58. The third kappa shape index (κ3) is 3.57. The number of carbonyl (C=O) groups excluding carboxylic acids is 1. The fraction of sp³-hybridized carbons (Fsp3) is 0.421. The Bertz CT molecular complexity index is 828. The Labute approximate surface area is 147 Å². The van der Waals surface area contributed by atoms with Gasteiger partial charge in [0.15, 0.2) is 0 Å². The van der Waals surface area contributed by atoms with Crippen molar-refractivity contribution in [2.45, 2.75) is 33.2 Å². The number of anilines is 1. The van der Waals surface area contributed by atoms with Crippen LogP contribution in [0.15, 0.2) is 35.3 Å². The molecule has 0 spiro atoms. The maximum Gasteiger partial charge on any atom is 0.269 e. The number of aromatic amines is 1. The molecule has 25 heavy (non-hydrogen) atoms. The number of nitrogens with zero attached hydrogens (tertiary/aromatic N) is 3. The highest BCUT2D eigenvalue weighted by atomic mass is 16.2. The van der Waals surface area contributed by atoms with E-state index in [1.807, 2.05) is 35.8 Å². The van der Waals surface area contributed by atoms with Crippen LogP contribution in [0.25, 0.3) is 0 Å². The molecule has 1 amide bonds. The number of rotatable bonds is 4. The predicted molar refractivity (Wildman–Crippen MR) is 97.8 cm³/mol. The molecule has 132 valence electrons. The van der Waals surface area contributed by atoms with Crippen molar-refractivity contribution in [3.63, 3.8) is 0 Å². The van der Waals surface area contributed by atoms with Crippen molar-refractivity contribution < 1.29 is 4.79 Å². The van der Waals surface area contributed by atoms with Gasteiger partial charge < -0.3 is 9.80 Å². The zero-order valence-corrected chi connectivity index (χ0v) is 15.0. The van der Waals surface area contributed by atoms with E-state index in [-0.39, 0.29) is 23.9 Å². The van der Waals surface area contributed by atoms with E-state index in [2.05, 4.69) is 29.3 Å². The van der Waals surface area contributed by atoms with Crippen molar-refractivity contribution >= 4 is 11.6 Å². The van der Waals surface area contributed by atoms with Crippen molar-refractivity contribution in [1.82, 2.24) is 15.1 Å². The fourth-order valence-electron chi connectivity index (χ4n) is 3.28. The molecule has 6 heteroatoms. The highest BCUT2D eigenvalue weighted by Gasteiger charge is 2.27. The van der Waals surface area contributed by atoms with Crippen molar-refractivity contribution in [2.75, 3.05) is 24.5 Å². The van der Waals surface area contributed by atoms with Crippen LogP contribution in [0.5, 0.6) is 0 Å². The third-order valence-corrected chi connectivity index (χ3v) is 4.73. The molecule has 1 saturated heterocycles. The van der Waals surface area contributed by atoms with Gasteiger partial charge in [0.05, 0.1) is 18.4 Å². The molecule has 0 atom stereocenters. The summed E-state index contributed by atoms with van der Waals surface area (Å²) in [6.07, 6.45) is 1.65. The lowest BCUT2D eigenvalue weighted by molar-refractivity contribution is -0.131. The zero-order valence-electron chi connectivity index (χ0n) is 15.0.